The molecular formula is C14H21NO2. The smallest absolute Gasteiger partial charge is 0.125 e. The summed E-state index contributed by atoms with van der Waals surface area (Å²) >= 11 is 0. The third-order valence-electron chi connectivity index (χ3n) is 3.02. The Morgan fingerprint density at radius 2 is 2.00 bits per heavy atom. The van der Waals surface area contributed by atoms with Crippen LogP contribution in [0.5, 0.6) is 5.75 Å². The van der Waals surface area contributed by atoms with Crippen molar-refractivity contribution in [3.8, 4) is 5.75 Å². The second kappa shape index (κ2) is 5.52. The van der Waals surface area contributed by atoms with Gasteiger partial charge in [0, 0.05) is 13.1 Å². The monoisotopic (exact) mass is 235 g/mol. The summed E-state index contributed by atoms with van der Waals surface area (Å²) in [5, 5.41) is 3.30. The lowest BCUT2D eigenvalue weighted by atomic mass is 10.1. The molecule has 17 heavy (non-hydrogen) atoms. The number of hydrogen-bond acceptors (Lipinski definition) is 3. The molecule has 0 aromatic heterocycles. The fourth-order valence-corrected chi connectivity index (χ4v) is 2.30. The van der Waals surface area contributed by atoms with Crippen LogP contribution in [0, 0.1) is 20.8 Å². The lowest BCUT2D eigenvalue weighted by Crippen LogP contribution is -2.41. The summed E-state index contributed by atoms with van der Waals surface area (Å²) < 4.78 is 11.5. The fourth-order valence-electron chi connectivity index (χ4n) is 2.30. The first-order chi connectivity index (χ1) is 8.16. The average molecular weight is 235 g/mol. The van der Waals surface area contributed by atoms with E-state index < -0.39 is 0 Å². The van der Waals surface area contributed by atoms with E-state index in [2.05, 4.69) is 38.2 Å². The van der Waals surface area contributed by atoms with Crippen molar-refractivity contribution < 1.29 is 9.47 Å². The molecule has 1 aliphatic rings. The molecule has 0 radical (unpaired) electrons. The second-order valence-corrected chi connectivity index (χ2v) is 4.74. The van der Waals surface area contributed by atoms with E-state index in [-0.39, 0.29) is 6.10 Å². The minimum Gasteiger partial charge on any atom is -0.490 e. The predicted molar refractivity (Wildman–Crippen MR) is 68.8 cm³/mol. The van der Waals surface area contributed by atoms with Crippen LogP contribution in [0.1, 0.15) is 16.7 Å². The zero-order chi connectivity index (χ0) is 12.3. The van der Waals surface area contributed by atoms with Crippen LogP contribution in [-0.2, 0) is 4.74 Å². The van der Waals surface area contributed by atoms with E-state index >= 15 is 0 Å². The van der Waals surface area contributed by atoms with E-state index in [4.69, 9.17) is 9.47 Å². The van der Waals surface area contributed by atoms with Gasteiger partial charge in [-0.3, -0.25) is 0 Å². The summed E-state index contributed by atoms with van der Waals surface area (Å²) in [6.45, 7) is 9.52. The molecule has 1 aromatic rings. The van der Waals surface area contributed by atoms with Crippen LogP contribution in [0.15, 0.2) is 12.1 Å². The first kappa shape index (κ1) is 12.4. The maximum Gasteiger partial charge on any atom is 0.125 e. The quantitative estimate of drug-likeness (QED) is 0.869. The molecule has 1 aliphatic heterocycles. The van der Waals surface area contributed by atoms with Gasteiger partial charge in [-0.15, -0.1) is 0 Å². The van der Waals surface area contributed by atoms with E-state index in [0.717, 1.165) is 25.4 Å². The van der Waals surface area contributed by atoms with E-state index in [1.807, 2.05) is 0 Å². The van der Waals surface area contributed by atoms with Crippen LogP contribution in [0.2, 0.25) is 0 Å². The summed E-state index contributed by atoms with van der Waals surface area (Å²) in [5.74, 6) is 1.00. The number of morpholine rings is 1. The van der Waals surface area contributed by atoms with Gasteiger partial charge in [0.2, 0.25) is 0 Å². The molecule has 1 aromatic carbocycles. The van der Waals surface area contributed by atoms with Crippen molar-refractivity contribution in [1.29, 1.82) is 0 Å². The highest BCUT2D eigenvalue weighted by Gasteiger charge is 2.15. The van der Waals surface area contributed by atoms with Gasteiger partial charge >= 0.3 is 0 Å². The van der Waals surface area contributed by atoms with Crippen LogP contribution in [0.3, 0.4) is 0 Å². The number of hydrogen-bond donors (Lipinski definition) is 1. The molecule has 94 valence electrons. The molecule has 0 aliphatic carbocycles. The highest BCUT2D eigenvalue weighted by molar-refractivity contribution is 5.42. The lowest BCUT2D eigenvalue weighted by Gasteiger charge is -2.24. The highest BCUT2D eigenvalue weighted by atomic mass is 16.5. The molecule has 2 rings (SSSR count). The molecule has 1 unspecified atom stereocenters. The largest absolute Gasteiger partial charge is 0.490 e. The lowest BCUT2D eigenvalue weighted by molar-refractivity contribution is -0.0000652. The zero-order valence-electron chi connectivity index (χ0n) is 10.9. The van der Waals surface area contributed by atoms with E-state index in [1.165, 1.54) is 16.7 Å². The summed E-state index contributed by atoms with van der Waals surface area (Å²) in [7, 11) is 0. The van der Waals surface area contributed by atoms with Crippen LogP contribution in [0.25, 0.3) is 0 Å². The molecule has 1 fully saturated rings. The van der Waals surface area contributed by atoms with Gasteiger partial charge in [0.1, 0.15) is 18.5 Å². The Balaban J connectivity index is 1.98. The average Bonchev–Trinajstić information content (AvgIpc) is 2.29. The molecule has 1 atom stereocenters. The highest BCUT2D eigenvalue weighted by Crippen LogP contribution is 2.24. The molecule has 0 spiro atoms. The number of aryl methyl sites for hydroxylation is 3. The Labute approximate surface area is 103 Å². The standard InChI is InChI=1S/C14H21NO2/c1-10-6-11(2)14(12(3)7-10)17-9-13-8-15-4-5-16-13/h6-7,13,15H,4-5,8-9H2,1-3H3. The molecular weight excluding hydrogens is 214 g/mol. The normalized spacial score (nSPS) is 20.3. The van der Waals surface area contributed by atoms with Crippen molar-refractivity contribution in [2.24, 2.45) is 0 Å². The predicted octanol–water partition coefficient (Wildman–Crippen LogP) is 1.98. The van der Waals surface area contributed by atoms with Crippen molar-refractivity contribution in [3.63, 3.8) is 0 Å². The van der Waals surface area contributed by atoms with Crippen molar-refractivity contribution in [1.82, 2.24) is 5.32 Å². The topological polar surface area (TPSA) is 30.5 Å². The third-order valence-corrected chi connectivity index (χ3v) is 3.02. The van der Waals surface area contributed by atoms with E-state index in [9.17, 15) is 0 Å². The maximum atomic E-state index is 5.90. The second-order valence-electron chi connectivity index (χ2n) is 4.74. The first-order valence-electron chi connectivity index (χ1n) is 6.20. The number of rotatable bonds is 3. The van der Waals surface area contributed by atoms with Crippen LogP contribution >= 0.6 is 0 Å². The molecule has 0 bridgehead atoms. The van der Waals surface area contributed by atoms with Crippen LogP contribution < -0.4 is 10.1 Å². The van der Waals surface area contributed by atoms with E-state index in [0.29, 0.717) is 6.61 Å². The van der Waals surface area contributed by atoms with Crippen LogP contribution in [0.4, 0.5) is 0 Å². The van der Waals surface area contributed by atoms with Gasteiger partial charge < -0.3 is 14.8 Å². The van der Waals surface area contributed by atoms with Crippen molar-refractivity contribution in [3.05, 3.63) is 28.8 Å². The van der Waals surface area contributed by atoms with Crippen molar-refractivity contribution >= 4 is 0 Å². The van der Waals surface area contributed by atoms with Gasteiger partial charge in [-0.05, 0) is 31.9 Å². The van der Waals surface area contributed by atoms with Gasteiger partial charge in [0.25, 0.3) is 0 Å². The van der Waals surface area contributed by atoms with Crippen molar-refractivity contribution in [2.75, 3.05) is 26.3 Å². The summed E-state index contributed by atoms with van der Waals surface area (Å²) in [6, 6.07) is 4.31. The number of ether oxygens (including phenoxy) is 2. The maximum absolute atomic E-state index is 5.90. The number of benzene rings is 1. The van der Waals surface area contributed by atoms with Gasteiger partial charge in [-0.25, -0.2) is 0 Å². The number of nitrogens with one attached hydrogen (secondary N) is 1. The Morgan fingerprint density at radius 3 is 2.59 bits per heavy atom. The molecule has 1 saturated heterocycles. The molecule has 3 heteroatoms. The Bertz CT molecular complexity index is 361. The Hall–Kier alpha value is -1.06. The van der Waals surface area contributed by atoms with Gasteiger partial charge in [-0.1, -0.05) is 17.7 Å². The SMILES string of the molecule is Cc1cc(C)c(OCC2CNCCO2)c(C)c1. The third kappa shape index (κ3) is 3.20. The summed E-state index contributed by atoms with van der Waals surface area (Å²) in [6.07, 6.45) is 0.170. The van der Waals surface area contributed by atoms with Gasteiger partial charge in [0.05, 0.1) is 6.61 Å². The fraction of sp³-hybridized carbons (Fsp3) is 0.571. The Kier molecular flexibility index (Phi) is 4.02. The minimum absolute atomic E-state index is 0.170. The molecule has 1 N–H and O–H groups in total. The van der Waals surface area contributed by atoms with Gasteiger partial charge in [-0.2, -0.15) is 0 Å². The molecule has 3 nitrogen and oxygen atoms in total. The molecule has 0 amide bonds. The zero-order valence-corrected chi connectivity index (χ0v) is 10.9. The minimum atomic E-state index is 0.170. The Morgan fingerprint density at radius 1 is 1.29 bits per heavy atom. The van der Waals surface area contributed by atoms with Gasteiger partial charge in [0.15, 0.2) is 0 Å². The van der Waals surface area contributed by atoms with E-state index in [1.54, 1.807) is 0 Å². The first-order valence-corrected chi connectivity index (χ1v) is 6.20. The summed E-state index contributed by atoms with van der Waals surface area (Å²) in [4.78, 5) is 0. The summed E-state index contributed by atoms with van der Waals surface area (Å²) in [5.41, 5.74) is 3.68. The molecule has 1 heterocycles. The molecule has 0 saturated carbocycles. The van der Waals surface area contributed by atoms with Crippen molar-refractivity contribution in [2.45, 2.75) is 26.9 Å². The van der Waals surface area contributed by atoms with Crippen LogP contribution in [-0.4, -0.2) is 32.4 Å².